The van der Waals surface area contributed by atoms with Crippen LogP contribution in [0, 0.1) is 0 Å². The lowest BCUT2D eigenvalue weighted by atomic mass is 10.1. The maximum Gasteiger partial charge on any atom is 0.327 e. The molecule has 0 aromatic carbocycles. The highest BCUT2D eigenvalue weighted by Crippen LogP contribution is 2.20. The van der Waals surface area contributed by atoms with E-state index < -0.39 is 23.0 Å². The number of hydrogen-bond donors (Lipinski definition) is 2. The van der Waals surface area contributed by atoms with Gasteiger partial charge in [0.15, 0.2) is 0 Å². The number of amides is 1. The number of primary amides is 1. The van der Waals surface area contributed by atoms with Gasteiger partial charge in [-0.2, -0.15) is 5.10 Å². The molecule has 110 valence electrons. The number of esters is 1. The average molecular weight is 347 g/mol. The lowest BCUT2D eigenvalue weighted by Gasteiger charge is -2.24. The molecule has 0 fully saturated rings. The molecule has 9 heteroatoms. The molecule has 0 bridgehead atoms. The second-order valence-electron chi connectivity index (χ2n) is 4.53. The predicted molar refractivity (Wildman–Crippen MR) is 75.1 cm³/mol. The van der Waals surface area contributed by atoms with Crippen molar-refractivity contribution in [2.45, 2.75) is 25.9 Å². The number of halogens is 1. The summed E-state index contributed by atoms with van der Waals surface area (Å²) in [6, 6.07) is 0. The van der Waals surface area contributed by atoms with Crippen LogP contribution in [0.15, 0.2) is 15.5 Å². The van der Waals surface area contributed by atoms with E-state index in [1.165, 1.54) is 13.3 Å². The van der Waals surface area contributed by atoms with Gasteiger partial charge in [-0.3, -0.25) is 14.4 Å². The number of aromatic nitrogens is 2. The van der Waals surface area contributed by atoms with Gasteiger partial charge < -0.3 is 15.8 Å². The number of anilines is 1. The van der Waals surface area contributed by atoms with Gasteiger partial charge in [-0.15, -0.1) is 0 Å². The second kappa shape index (κ2) is 6.04. The first-order chi connectivity index (χ1) is 9.19. The molecule has 1 aromatic heterocycles. The van der Waals surface area contributed by atoms with Gasteiger partial charge in [-0.1, -0.05) is 0 Å². The second-order valence-corrected chi connectivity index (χ2v) is 5.32. The molecule has 0 aliphatic carbocycles. The van der Waals surface area contributed by atoms with Gasteiger partial charge in [0.1, 0.15) is 16.6 Å². The minimum absolute atomic E-state index is 0.144. The highest BCUT2D eigenvalue weighted by atomic mass is 79.9. The Bertz CT molecular complexity index is 597. The van der Waals surface area contributed by atoms with Crippen LogP contribution in [0.2, 0.25) is 0 Å². The van der Waals surface area contributed by atoms with Gasteiger partial charge in [-0.25, -0.2) is 4.68 Å². The van der Waals surface area contributed by atoms with E-state index in [1.807, 2.05) is 0 Å². The van der Waals surface area contributed by atoms with Crippen LogP contribution in [0.4, 0.5) is 5.69 Å². The topological polar surface area (TPSA) is 116 Å². The number of nitrogens with one attached hydrogen (secondary N) is 1. The Balaban J connectivity index is 3.10. The monoisotopic (exact) mass is 346 g/mol. The first-order valence-corrected chi connectivity index (χ1v) is 6.39. The first-order valence-electron chi connectivity index (χ1n) is 5.59. The van der Waals surface area contributed by atoms with Gasteiger partial charge in [0.2, 0.25) is 5.91 Å². The SMILES string of the molecule is COC(=O)Cn1ncc(NC(C)(C)C(N)=O)c(Br)c1=O. The number of ether oxygens (including phenoxy) is 1. The lowest BCUT2D eigenvalue weighted by molar-refractivity contribution is -0.141. The molecule has 1 amide bonds. The smallest absolute Gasteiger partial charge is 0.327 e. The highest BCUT2D eigenvalue weighted by molar-refractivity contribution is 9.10. The van der Waals surface area contributed by atoms with Crippen LogP contribution in [0.5, 0.6) is 0 Å². The summed E-state index contributed by atoms with van der Waals surface area (Å²) in [4.78, 5) is 34.4. The zero-order valence-corrected chi connectivity index (χ0v) is 12.9. The number of carbonyl (C=O) groups excluding carboxylic acids is 2. The first kappa shape index (κ1) is 16.2. The molecule has 1 rings (SSSR count). The summed E-state index contributed by atoms with van der Waals surface area (Å²) in [5.74, 6) is -1.17. The Morgan fingerprint density at radius 1 is 1.55 bits per heavy atom. The highest BCUT2D eigenvalue weighted by Gasteiger charge is 2.26. The maximum atomic E-state index is 12.0. The molecule has 3 N–H and O–H groups in total. The van der Waals surface area contributed by atoms with Gasteiger partial charge >= 0.3 is 5.97 Å². The minimum Gasteiger partial charge on any atom is -0.468 e. The molecule has 0 spiro atoms. The molecule has 0 saturated carbocycles. The van der Waals surface area contributed by atoms with Gasteiger partial charge in [-0.05, 0) is 29.8 Å². The van der Waals surface area contributed by atoms with E-state index in [2.05, 4.69) is 31.1 Å². The molecular formula is C11H15BrN4O4. The maximum absolute atomic E-state index is 12.0. The van der Waals surface area contributed by atoms with E-state index in [1.54, 1.807) is 13.8 Å². The third-order valence-electron chi connectivity index (χ3n) is 2.55. The fraction of sp³-hybridized carbons (Fsp3) is 0.455. The molecule has 0 unspecified atom stereocenters. The van der Waals surface area contributed by atoms with Crippen molar-refractivity contribution in [2.24, 2.45) is 5.73 Å². The zero-order valence-electron chi connectivity index (χ0n) is 11.3. The summed E-state index contributed by atoms with van der Waals surface area (Å²) in [5.41, 5.74) is 3.97. The van der Waals surface area contributed by atoms with E-state index in [0.717, 1.165) is 4.68 Å². The van der Waals surface area contributed by atoms with Crippen LogP contribution < -0.4 is 16.6 Å². The summed E-state index contributed by atoms with van der Waals surface area (Å²) in [6.07, 6.45) is 1.32. The number of rotatable bonds is 5. The third kappa shape index (κ3) is 3.56. The van der Waals surface area contributed by atoms with Crippen molar-refractivity contribution < 1.29 is 14.3 Å². The van der Waals surface area contributed by atoms with Crippen molar-refractivity contribution in [1.82, 2.24) is 9.78 Å². The number of carbonyl (C=O) groups is 2. The van der Waals surface area contributed by atoms with Crippen molar-refractivity contribution >= 4 is 33.5 Å². The molecule has 1 heterocycles. The standard InChI is InChI=1S/C11H15BrN4O4/c1-11(2,10(13)19)15-6-4-14-16(5-7(17)20-3)9(18)8(6)12/h4,15H,5H2,1-3H3,(H2,13,19). The van der Waals surface area contributed by atoms with Crippen LogP contribution in [-0.4, -0.2) is 34.3 Å². The Morgan fingerprint density at radius 3 is 2.65 bits per heavy atom. The number of nitrogens with zero attached hydrogens (tertiary/aromatic N) is 2. The summed E-state index contributed by atoms with van der Waals surface area (Å²) in [7, 11) is 1.22. The number of nitrogens with two attached hydrogens (primary N) is 1. The van der Waals surface area contributed by atoms with Gasteiger partial charge in [0, 0.05) is 0 Å². The molecule has 0 atom stereocenters. The Labute approximate surface area is 123 Å². The molecule has 0 aliphatic heterocycles. The van der Waals surface area contributed by atoms with Crippen LogP contribution in [0.3, 0.4) is 0 Å². The summed E-state index contributed by atoms with van der Waals surface area (Å²) >= 11 is 3.10. The molecule has 20 heavy (non-hydrogen) atoms. The molecule has 1 aromatic rings. The fourth-order valence-corrected chi connectivity index (χ4v) is 1.66. The van der Waals surface area contributed by atoms with Crippen molar-refractivity contribution in [3.05, 3.63) is 21.0 Å². The zero-order chi connectivity index (χ0) is 15.5. The minimum atomic E-state index is -1.05. The molecular weight excluding hydrogens is 332 g/mol. The number of methoxy groups -OCH3 is 1. The quantitative estimate of drug-likeness (QED) is 0.716. The summed E-state index contributed by atoms with van der Waals surface area (Å²) in [5, 5.41) is 6.64. The Hall–Kier alpha value is -1.90. The van der Waals surface area contributed by atoms with E-state index in [4.69, 9.17) is 5.73 Å². The van der Waals surface area contributed by atoms with E-state index in [-0.39, 0.29) is 11.0 Å². The van der Waals surface area contributed by atoms with Crippen LogP contribution in [0.25, 0.3) is 0 Å². The fourth-order valence-electron chi connectivity index (χ4n) is 1.25. The van der Waals surface area contributed by atoms with Crippen LogP contribution in [0.1, 0.15) is 13.8 Å². The van der Waals surface area contributed by atoms with E-state index in [0.29, 0.717) is 5.69 Å². The average Bonchev–Trinajstić information content (AvgIpc) is 2.37. The van der Waals surface area contributed by atoms with Crippen molar-refractivity contribution in [3.8, 4) is 0 Å². The van der Waals surface area contributed by atoms with Crippen LogP contribution in [-0.2, 0) is 20.9 Å². The molecule has 0 saturated heterocycles. The van der Waals surface area contributed by atoms with Crippen LogP contribution >= 0.6 is 15.9 Å². The van der Waals surface area contributed by atoms with Gasteiger partial charge in [0.25, 0.3) is 5.56 Å². The molecule has 0 radical (unpaired) electrons. The summed E-state index contributed by atoms with van der Waals surface area (Å²) in [6.45, 7) is 2.84. The van der Waals surface area contributed by atoms with Crippen molar-refractivity contribution in [2.75, 3.05) is 12.4 Å². The summed E-state index contributed by atoms with van der Waals surface area (Å²) < 4.78 is 5.55. The lowest BCUT2D eigenvalue weighted by Crippen LogP contribution is -2.45. The van der Waals surface area contributed by atoms with E-state index in [9.17, 15) is 14.4 Å². The van der Waals surface area contributed by atoms with Crippen molar-refractivity contribution in [3.63, 3.8) is 0 Å². The molecule has 0 aliphatic rings. The normalized spacial score (nSPS) is 11.0. The predicted octanol–water partition coefficient (Wildman–Crippen LogP) is -0.145. The third-order valence-corrected chi connectivity index (χ3v) is 3.32. The Morgan fingerprint density at radius 2 is 2.15 bits per heavy atom. The van der Waals surface area contributed by atoms with E-state index >= 15 is 0 Å². The number of hydrogen-bond acceptors (Lipinski definition) is 6. The Kier molecular flexibility index (Phi) is 4.88. The van der Waals surface area contributed by atoms with Crippen molar-refractivity contribution in [1.29, 1.82) is 0 Å². The van der Waals surface area contributed by atoms with Gasteiger partial charge in [0.05, 0.1) is 19.0 Å². The largest absolute Gasteiger partial charge is 0.468 e. The molecule has 8 nitrogen and oxygen atoms in total.